The van der Waals surface area contributed by atoms with Crippen molar-refractivity contribution >= 4 is 21.6 Å². The molecule has 0 aliphatic heterocycles. The minimum absolute atomic E-state index is 0.279. The Labute approximate surface area is 165 Å². The molecule has 0 spiro atoms. The van der Waals surface area contributed by atoms with Gasteiger partial charge >= 0.3 is 0 Å². The van der Waals surface area contributed by atoms with Crippen LogP contribution >= 0.6 is 0 Å². The van der Waals surface area contributed by atoms with Gasteiger partial charge in [0.2, 0.25) is 15.9 Å². The molecule has 2 atom stereocenters. The fourth-order valence-corrected chi connectivity index (χ4v) is 4.15. The maximum absolute atomic E-state index is 13.1. The largest absolute Gasteiger partial charge is 0.497 e. The smallest absolute Gasteiger partial charge is 0.244 e. The van der Waals surface area contributed by atoms with Crippen LogP contribution in [0.4, 0.5) is 10.1 Å². The van der Waals surface area contributed by atoms with Crippen LogP contribution in [0.3, 0.4) is 0 Å². The molecule has 6 nitrogen and oxygen atoms in total. The Kier molecular flexibility index (Phi) is 7.01. The van der Waals surface area contributed by atoms with E-state index >= 15 is 0 Å². The van der Waals surface area contributed by atoms with E-state index in [0.29, 0.717) is 11.4 Å². The fourth-order valence-electron chi connectivity index (χ4n) is 2.93. The number of nitrogens with one attached hydrogen (secondary N) is 1. The molecule has 28 heavy (non-hydrogen) atoms. The molecule has 0 aliphatic carbocycles. The van der Waals surface area contributed by atoms with Gasteiger partial charge in [-0.1, -0.05) is 19.1 Å². The summed E-state index contributed by atoms with van der Waals surface area (Å²) in [4.78, 5) is 12.9. The van der Waals surface area contributed by atoms with Crippen LogP contribution in [0.2, 0.25) is 0 Å². The van der Waals surface area contributed by atoms with Crippen molar-refractivity contribution in [3.8, 4) is 5.75 Å². The second kappa shape index (κ2) is 9.05. The van der Waals surface area contributed by atoms with Crippen LogP contribution in [0.5, 0.6) is 5.75 Å². The number of hydrogen-bond donors (Lipinski definition) is 1. The molecule has 1 N–H and O–H groups in total. The Morgan fingerprint density at radius 2 is 1.71 bits per heavy atom. The first kappa shape index (κ1) is 21.7. The predicted octanol–water partition coefficient (Wildman–Crippen LogP) is 3.26. The van der Waals surface area contributed by atoms with Crippen molar-refractivity contribution in [3.63, 3.8) is 0 Å². The molecule has 0 radical (unpaired) electrons. The van der Waals surface area contributed by atoms with Crippen LogP contribution in [0, 0.1) is 5.82 Å². The Hall–Kier alpha value is -2.61. The van der Waals surface area contributed by atoms with Gasteiger partial charge in [0.05, 0.1) is 25.1 Å². The highest BCUT2D eigenvalue weighted by molar-refractivity contribution is 7.92. The number of hydrogen-bond acceptors (Lipinski definition) is 4. The second-order valence-corrected chi connectivity index (χ2v) is 8.32. The SMILES string of the molecule is CC[C@@H](C(=O)N[C@H](C)c1ccc(F)cc1)N(c1ccc(OC)cc1)S(C)(=O)=O. The number of carbonyl (C=O) groups excluding carboxylic acids is 1. The van der Waals surface area contributed by atoms with Gasteiger partial charge in [-0.15, -0.1) is 0 Å². The summed E-state index contributed by atoms with van der Waals surface area (Å²) in [5.74, 6) is -0.211. The number of anilines is 1. The Morgan fingerprint density at radius 1 is 1.14 bits per heavy atom. The first-order valence-electron chi connectivity index (χ1n) is 8.86. The van der Waals surface area contributed by atoms with E-state index in [2.05, 4.69) is 5.32 Å². The lowest BCUT2D eigenvalue weighted by atomic mass is 10.1. The van der Waals surface area contributed by atoms with Crippen molar-refractivity contribution in [2.45, 2.75) is 32.4 Å². The average Bonchev–Trinajstić information content (AvgIpc) is 2.65. The van der Waals surface area contributed by atoms with E-state index in [-0.39, 0.29) is 12.2 Å². The number of sulfonamides is 1. The average molecular weight is 408 g/mol. The van der Waals surface area contributed by atoms with Gasteiger partial charge in [-0.3, -0.25) is 9.10 Å². The predicted molar refractivity (Wildman–Crippen MR) is 107 cm³/mol. The molecule has 1 amide bonds. The van der Waals surface area contributed by atoms with Crippen molar-refractivity contribution in [1.82, 2.24) is 5.32 Å². The van der Waals surface area contributed by atoms with Gasteiger partial charge in [-0.25, -0.2) is 12.8 Å². The van der Waals surface area contributed by atoms with Crippen molar-refractivity contribution in [2.24, 2.45) is 0 Å². The molecule has 2 rings (SSSR count). The molecule has 152 valence electrons. The van der Waals surface area contributed by atoms with E-state index in [4.69, 9.17) is 4.74 Å². The lowest BCUT2D eigenvalue weighted by molar-refractivity contribution is -0.122. The van der Waals surface area contributed by atoms with Crippen LogP contribution in [-0.4, -0.2) is 33.7 Å². The van der Waals surface area contributed by atoms with E-state index < -0.39 is 28.0 Å². The topological polar surface area (TPSA) is 75.7 Å². The molecule has 2 aromatic carbocycles. The van der Waals surface area contributed by atoms with Gasteiger partial charge in [0.15, 0.2) is 0 Å². The Morgan fingerprint density at radius 3 is 2.18 bits per heavy atom. The van der Waals surface area contributed by atoms with Gasteiger partial charge in [-0.05, 0) is 55.3 Å². The zero-order valence-electron chi connectivity index (χ0n) is 16.3. The highest BCUT2D eigenvalue weighted by atomic mass is 32.2. The van der Waals surface area contributed by atoms with Gasteiger partial charge in [-0.2, -0.15) is 0 Å². The van der Waals surface area contributed by atoms with Crippen LogP contribution in [0.1, 0.15) is 31.9 Å². The summed E-state index contributed by atoms with van der Waals surface area (Å²) in [7, 11) is -2.20. The van der Waals surface area contributed by atoms with Crippen molar-refractivity contribution in [3.05, 3.63) is 59.9 Å². The van der Waals surface area contributed by atoms with Crippen molar-refractivity contribution < 1.29 is 22.3 Å². The third-order valence-electron chi connectivity index (χ3n) is 4.39. The molecule has 8 heteroatoms. The van der Waals surface area contributed by atoms with Gasteiger partial charge in [0.1, 0.15) is 17.6 Å². The van der Waals surface area contributed by atoms with Crippen LogP contribution in [-0.2, 0) is 14.8 Å². The number of methoxy groups -OCH3 is 1. The maximum Gasteiger partial charge on any atom is 0.244 e. The Balaban J connectivity index is 2.29. The summed E-state index contributed by atoms with van der Waals surface area (Å²) in [6.45, 7) is 3.50. The van der Waals surface area contributed by atoms with Gasteiger partial charge in [0, 0.05) is 0 Å². The number of amides is 1. The van der Waals surface area contributed by atoms with E-state index in [9.17, 15) is 17.6 Å². The number of ether oxygens (including phenoxy) is 1. The first-order chi connectivity index (χ1) is 13.2. The monoisotopic (exact) mass is 408 g/mol. The zero-order chi connectivity index (χ0) is 20.9. The molecule has 0 saturated carbocycles. The summed E-state index contributed by atoms with van der Waals surface area (Å²) in [5.41, 5.74) is 1.10. The van der Waals surface area contributed by atoms with E-state index in [1.807, 2.05) is 0 Å². The lowest BCUT2D eigenvalue weighted by Gasteiger charge is -2.31. The molecule has 0 saturated heterocycles. The summed E-state index contributed by atoms with van der Waals surface area (Å²) < 4.78 is 44.2. The highest BCUT2D eigenvalue weighted by Crippen LogP contribution is 2.25. The normalized spacial score (nSPS) is 13.5. The molecule has 2 aromatic rings. The van der Waals surface area contributed by atoms with Gasteiger partial charge in [0.25, 0.3) is 0 Å². The van der Waals surface area contributed by atoms with E-state index in [0.717, 1.165) is 16.1 Å². The van der Waals surface area contributed by atoms with E-state index in [1.54, 1.807) is 50.2 Å². The fraction of sp³-hybridized carbons (Fsp3) is 0.350. The van der Waals surface area contributed by atoms with E-state index in [1.165, 1.54) is 19.2 Å². The van der Waals surface area contributed by atoms with Crippen LogP contribution in [0.25, 0.3) is 0 Å². The maximum atomic E-state index is 13.1. The lowest BCUT2D eigenvalue weighted by Crippen LogP contribution is -2.49. The standard InChI is InChI=1S/C20H25FN2O4S/c1-5-19(20(24)22-14(2)15-6-8-16(21)9-7-15)23(28(4,25)26)17-10-12-18(27-3)13-11-17/h6-14,19H,5H2,1-4H3,(H,22,24)/t14-,19+/m1/s1. The summed E-state index contributed by atoms with van der Waals surface area (Å²) >= 11 is 0. The third kappa shape index (κ3) is 5.22. The van der Waals surface area contributed by atoms with Crippen molar-refractivity contribution in [2.75, 3.05) is 17.7 Å². The molecule has 0 bridgehead atoms. The molecule has 0 aliphatic rings. The molecule has 0 unspecified atom stereocenters. The summed E-state index contributed by atoms with van der Waals surface area (Å²) in [6, 6.07) is 10.9. The van der Waals surface area contributed by atoms with Gasteiger partial charge < -0.3 is 10.1 Å². The number of benzene rings is 2. The molecule has 0 fully saturated rings. The third-order valence-corrected chi connectivity index (χ3v) is 5.57. The van der Waals surface area contributed by atoms with Crippen LogP contribution in [0.15, 0.2) is 48.5 Å². The van der Waals surface area contributed by atoms with Crippen LogP contribution < -0.4 is 14.4 Å². The number of halogens is 1. The summed E-state index contributed by atoms with van der Waals surface area (Å²) in [5, 5.41) is 2.82. The number of nitrogens with zero attached hydrogens (tertiary/aromatic N) is 1. The quantitative estimate of drug-likeness (QED) is 0.728. The number of carbonyl (C=O) groups is 1. The molecular formula is C20H25FN2O4S. The minimum Gasteiger partial charge on any atom is -0.497 e. The molecule has 0 heterocycles. The highest BCUT2D eigenvalue weighted by Gasteiger charge is 2.32. The molecular weight excluding hydrogens is 383 g/mol. The zero-order valence-corrected chi connectivity index (χ0v) is 17.2. The minimum atomic E-state index is -3.72. The van der Waals surface area contributed by atoms with Crippen molar-refractivity contribution in [1.29, 1.82) is 0 Å². The Bertz CT molecular complexity index is 899. The first-order valence-corrected chi connectivity index (χ1v) is 10.7. The molecule has 0 aromatic heterocycles. The second-order valence-electron chi connectivity index (χ2n) is 6.46. The number of rotatable bonds is 8. The summed E-state index contributed by atoms with van der Waals surface area (Å²) in [6.07, 6.45) is 1.34.